The fourth-order valence-corrected chi connectivity index (χ4v) is 1.65. The van der Waals surface area contributed by atoms with Gasteiger partial charge in [-0.05, 0) is 58.0 Å². The summed E-state index contributed by atoms with van der Waals surface area (Å²) in [5.74, 6) is 1.87. The van der Waals surface area contributed by atoms with Crippen LogP contribution in [0.3, 0.4) is 0 Å². The minimum atomic E-state index is 0.0236. The van der Waals surface area contributed by atoms with Crippen LogP contribution in [-0.2, 0) is 4.74 Å². The van der Waals surface area contributed by atoms with E-state index in [2.05, 4.69) is 26.1 Å². The average Bonchev–Trinajstić information content (AvgIpc) is 2.95. The van der Waals surface area contributed by atoms with Crippen LogP contribution in [0.4, 0.5) is 0 Å². The van der Waals surface area contributed by atoms with E-state index in [9.17, 15) is 0 Å². The highest BCUT2D eigenvalue weighted by atomic mass is 16.5. The van der Waals surface area contributed by atoms with Crippen molar-refractivity contribution in [1.29, 1.82) is 0 Å². The van der Waals surface area contributed by atoms with E-state index in [1.807, 2.05) is 0 Å². The molecule has 0 radical (unpaired) electrons. The molecule has 1 fully saturated rings. The molecule has 0 aromatic carbocycles. The van der Waals surface area contributed by atoms with Crippen LogP contribution in [0.2, 0.25) is 0 Å². The summed E-state index contributed by atoms with van der Waals surface area (Å²) in [6.07, 6.45) is 3.99. The first kappa shape index (κ1) is 12.0. The molecule has 1 atom stereocenters. The van der Waals surface area contributed by atoms with E-state index in [1.165, 1.54) is 19.4 Å². The third-order valence-corrected chi connectivity index (χ3v) is 3.35. The summed E-state index contributed by atoms with van der Waals surface area (Å²) >= 11 is 0. The van der Waals surface area contributed by atoms with Crippen molar-refractivity contribution >= 4 is 0 Å². The lowest BCUT2D eigenvalue weighted by molar-refractivity contribution is 0.0157. The van der Waals surface area contributed by atoms with E-state index in [0.29, 0.717) is 0 Å². The molecule has 0 saturated heterocycles. The van der Waals surface area contributed by atoms with Crippen molar-refractivity contribution in [3.8, 4) is 0 Å². The molecule has 14 heavy (non-hydrogen) atoms. The molecule has 0 spiro atoms. The smallest absolute Gasteiger partial charge is 0.0634 e. The number of methoxy groups -OCH3 is 1. The highest BCUT2D eigenvalue weighted by molar-refractivity contribution is 4.80. The van der Waals surface area contributed by atoms with Crippen molar-refractivity contribution in [3.63, 3.8) is 0 Å². The van der Waals surface area contributed by atoms with Gasteiger partial charge in [0.25, 0.3) is 0 Å². The molecular weight excluding hydrogens is 174 g/mol. The summed E-state index contributed by atoms with van der Waals surface area (Å²) in [5, 5.41) is 3.52. The van der Waals surface area contributed by atoms with E-state index >= 15 is 0 Å². The molecule has 1 N–H and O–H groups in total. The van der Waals surface area contributed by atoms with Gasteiger partial charge in [-0.15, -0.1) is 0 Å². The molecule has 2 heteroatoms. The van der Waals surface area contributed by atoms with Gasteiger partial charge in [0.05, 0.1) is 5.60 Å². The lowest BCUT2D eigenvalue weighted by Crippen LogP contribution is -2.31. The highest BCUT2D eigenvalue weighted by Gasteiger charge is 2.27. The Hall–Kier alpha value is -0.0800. The van der Waals surface area contributed by atoms with Crippen LogP contribution in [0.25, 0.3) is 0 Å². The molecule has 1 saturated carbocycles. The minimum Gasteiger partial charge on any atom is -0.379 e. The van der Waals surface area contributed by atoms with Gasteiger partial charge in [-0.1, -0.05) is 6.92 Å². The summed E-state index contributed by atoms with van der Waals surface area (Å²) < 4.78 is 5.36. The van der Waals surface area contributed by atoms with Crippen molar-refractivity contribution in [2.45, 2.75) is 45.6 Å². The van der Waals surface area contributed by atoms with Gasteiger partial charge in [-0.3, -0.25) is 0 Å². The maximum atomic E-state index is 5.36. The van der Waals surface area contributed by atoms with Crippen LogP contribution in [0.5, 0.6) is 0 Å². The van der Waals surface area contributed by atoms with E-state index in [1.54, 1.807) is 7.11 Å². The third-order valence-electron chi connectivity index (χ3n) is 3.35. The molecule has 0 bridgehead atoms. The molecule has 0 heterocycles. The standard InChI is InChI=1S/C12H25NO/c1-10(11-5-6-11)9-13-8-7-12(2,3)14-4/h10-11,13H,5-9H2,1-4H3. The highest BCUT2D eigenvalue weighted by Crippen LogP contribution is 2.36. The van der Waals surface area contributed by atoms with E-state index in [-0.39, 0.29) is 5.60 Å². The van der Waals surface area contributed by atoms with Crippen molar-refractivity contribution in [1.82, 2.24) is 5.32 Å². The van der Waals surface area contributed by atoms with Gasteiger partial charge in [-0.25, -0.2) is 0 Å². The Bertz CT molecular complexity index is 164. The van der Waals surface area contributed by atoms with Gasteiger partial charge >= 0.3 is 0 Å². The Kier molecular flexibility index (Phi) is 4.39. The fourth-order valence-electron chi connectivity index (χ4n) is 1.65. The lowest BCUT2D eigenvalue weighted by atomic mass is 10.0. The molecule has 84 valence electrons. The van der Waals surface area contributed by atoms with Crippen LogP contribution in [-0.4, -0.2) is 25.8 Å². The normalized spacial score (nSPS) is 19.7. The number of rotatable bonds is 7. The number of ether oxygens (including phenoxy) is 1. The van der Waals surface area contributed by atoms with Crippen LogP contribution >= 0.6 is 0 Å². The van der Waals surface area contributed by atoms with Gasteiger partial charge in [0.1, 0.15) is 0 Å². The molecule has 1 aliphatic carbocycles. The average molecular weight is 199 g/mol. The molecule has 0 aliphatic heterocycles. The predicted molar refractivity (Wildman–Crippen MR) is 60.5 cm³/mol. The van der Waals surface area contributed by atoms with E-state index < -0.39 is 0 Å². The zero-order valence-electron chi connectivity index (χ0n) is 10.1. The molecule has 1 aliphatic rings. The van der Waals surface area contributed by atoms with Gasteiger partial charge in [-0.2, -0.15) is 0 Å². The SMILES string of the molecule is COC(C)(C)CCNCC(C)C1CC1. The van der Waals surface area contributed by atoms with Crippen molar-refractivity contribution in [3.05, 3.63) is 0 Å². The Morgan fingerprint density at radius 2 is 2.07 bits per heavy atom. The summed E-state index contributed by atoms with van der Waals surface area (Å²) in [4.78, 5) is 0. The Morgan fingerprint density at radius 3 is 2.57 bits per heavy atom. The molecule has 0 aromatic rings. The van der Waals surface area contributed by atoms with Crippen molar-refractivity contribution < 1.29 is 4.74 Å². The van der Waals surface area contributed by atoms with Crippen LogP contribution in [0.15, 0.2) is 0 Å². The second-order valence-corrected chi connectivity index (χ2v) is 5.23. The van der Waals surface area contributed by atoms with Gasteiger partial charge < -0.3 is 10.1 Å². The quantitative estimate of drug-likeness (QED) is 0.636. The molecule has 2 nitrogen and oxygen atoms in total. The van der Waals surface area contributed by atoms with E-state index in [4.69, 9.17) is 4.74 Å². The van der Waals surface area contributed by atoms with Gasteiger partial charge in [0, 0.05) is 7.11 Å². The first-order valence-corrected chi connectivity index (χ1v) is 5.81. The van der Waals surface area contributed by atoms with Gasteiger partial charge in [0.2, 0.25) is 0 Å². The zero-order valence-corrected chi connectivity index (χ0v) is 10.1. The molecule has 0 aromatic heterocycles. The molecule has 1 unspecified atom stereocenters. The van der Waals surface area contributed by atoms with Gasteiger partial charge in [0.15, 0.2) is 0 Å². The molecular formula is C12H25NO. The summed E-state index contributed by atoms with van der Waals surface area (Å²) in [7, 11) is 1.78. The number of hydrogen-bond acceptors (Lipinski definition) is 2. The summed E-state index contributed by atoms with van der Waals surface area (Å²) in [5.41, 5.74) is 0.0236. The molecule has 1 rings (SSSR count). The summed E-state index contributed by atoms with van der Waals surface area (Å²) in [6.45, 7) is 8.87. The van der Waals surface area contributed by atoms with E-state index in [0.717, 1.165) is 24.8 Å². The number of hydrogen-bond donors (Lipinski definition) is 1. The van der Waals surface area contributed by atoms with Crippen molar-refractivity contribution in [2.24, 2.45) is 11.8 Å². The van der Waals surface area contributed by atoms with Crippen LogP contribution < -0.4 is 5.32 Å². The second-order valence-electron chi connectivity index (χ2n) is 5.23. The zero-order chi connectivity index (χ0) is 10.6. The van der Waals surface area contributed by atoms with Crippen LogP contribution in [0.1, 0.15) is 40.0 Å². The van der Waals surface area contributed by atoms with Crippen molar-refractivity contribution in [2.75, 3.05) is 20.2 Å². The first-order chi connectivity index (χ1) is 6.55. The Morgan fingerprint density at radius 1 is 1.43 bits per heavy atom. The summed E-state index contributed by atoms with van der Waals surface area (Å²) in [6, 6.07) is 0. The Labute approximate surface area is 88.4 Å². The predicted octanol–water partition coefficient (Wildman–Crippen LogP) is 2.44. The van der Waals surface area contributed by atoms with Crippen LogP contribution in [0, 0.1) is 11.8 Å². The lowest BCUT2D eigenvalue weighted by Gasteiger charge is -2.23. The maximum absolute atomic E-state index is 5.36. The Balaban J connectivity index is 1.98. The number of nitrogens with one attached hydrogen (secondary N) is 1. The monoisotopic (exact) mass is 199 g/mol. The largest absolute Gasteiger partial charge is 0.379 e. The first-order valence-electron chi connectivity index (χ1n) is 5.81. The minimum absolute atomic E-state index is 0.0236. The third kappa shape index (κ3) is 4.43. The maximum Gasteiger partial charge on any atom is 0.0634 e. The fraction of sp³-hybridized carbons (Fsp3) is 1.00. The topological polar surface area (TPSA) is 21.3 Å². The molecule has 0 amide bonds. The second kappa shape index (κ2) is 5.13.